The number of nitrogens with zero attached hydrogens (tertiary/aromatic N) is 1. The Labute approximate surface area is 183 Å². The molecule has 0 radical (unpaired) electrons. The number of hydrogen-bond acceptors (Lipinski definition) is 5. The average molecular weight is 445 g/mol. The van der Waals surface area contributed by atoms with Gasteiger partial charge in [0.25, 0.3) is 0 Å². The number of carboxylic acid groups (broad SMARTS) is 1. The second kappa shape index (κ2) is 10.0. The summed E-state index contributed by atoms with van der Waals surface area (Å²) in [5.74, 6) is 0.153. The molecule has 0 aromatic heterocycles. The summed E-state index contributed by atoms with van der Waals surface area (Å²) < 4.78 is 11.2. The summed E-state index contributed by atoms with van der Waals surface area (Å²) in [6.07, 6.45) is 1.64. The molecule has 0 spiro atoms. The zero-order chi connectivity index (χ0) is 21.5. The molecular weight excluding hydrogens is 427 g/mol. The fraction of sp³-hybridized carbons (Fsp3) is 0.0909. The lowest BCUT2D eigenvalue weighted by Crippen LogP contribution is -2.00. The van der Waals surface area contributed by atoms with Crippen molar-refractivity contribution in [3.63, 3.8) is 0 Å². The van der Waals surface area contributed by atoms with Crippen LogP contribution in [0.5, 0.6) is 11.5 Å². The van der Waals surface area contributed by atoms with Crippen molar-refractivity contribution in [3.05, 3.63) is 87.4 Å². The van der Waals surface area contributed by atoms with Crippen LogP contribution in [0.1, 0.15) is 21.5 Å². The molecule has 0 bridgehead atoms. The number of carbonyl (C=O) groups is 1. The smallest absolute Gasteiger partial charge is 0.335 e. The van der Waals surface area contributed by atoms with Crippen LogP contribution in [0, 0.1) is 0 Å². The topological polar surface area (TPSA) is 80.1 Å². The van der Waals surface area contributed by atoms with E-state index in [-0.39, 0.29) is 12.2 Å². The first-order valence-electron chi connectivity index (χ1n) is 8.83. The molecule has 3 aromatic rings. The maximum atomic E-state index is 10.9. The van der Waals surface area contributed by atoms with Gasteiger partial charge < -0.3 is 14.6 Å². The predicted octanol–water partition coefficient (Wildman–Crippen LogP) is 5.73. The van der Waals surface area contributed by atoms with Gasteiger partial charge in [0.1, 0.15) is 6.61 Å². The van der Waals surface area contributed by atoms with E-state index in [0.717, 1.165) is 11.1 Å². The SMILES string of the molecule is COc1cc(/C=N\Nc2ccc(Cl)c(Cl)c2)ccc1OCc1ccc(C(=O)O)cc1. The number of halogens is 2. The van der Waals surface area contributed by atoms with Gasteiger partial charge >= 0.3 is 5.97 Å². The zero-order valence-corrected chi connectivity index (χ0v) is 17.4. The van der Waals surface area contributed by atoms with E-state index in [1.54, 1.807) is 67.9 Å². The van der Waals surface area contributed by atoms with E-state index in [0.29, 0.717) is 27.2 Å². The Kier molecular flexibility index (Phi) is 7.17. The number of benzene rings is 3. The number of ether oxygens (including phenoxy) is 2. The number of carboxylic acids is 1. The molecule has 8 heteroatoms. The van der Waals surface area contributed by atoms with Crippen LogP contribution in [-0.2, 0) is 6.61 Å². The highest BCUT2D eigenvalue weighted by Gasteiger charge is 2.07. The van der Waals surface area contributed by atoms with Crippen molar-refractivity contribution in [1.82, 2.24) is 0 Å². The predicted molar refractivity (Wildman–Crippen MR) is 118 cm³/mol. The second-order valence-electron chi connectivity index (χ2n) is 6.20. The third-order valence-corrected chi connectivity index (χ3v) is 4.85. The maximum absolute atomic E-state index is 10.9. The van der Waals surface area contributed by atoms with Crippen molar-refractivity contribution < 1.29 is 19.4 Å². The lowest BCUT2D eigenvalue weighted by atomic mass is 10.1. The van der Waals surface area contributed by atoms with Crippen molar-refractivity contribution in [1.29, 1.82) is 0 Å². The van der Waals surface area contributed by atoms with Crippen molar-refractivity contribution in [2.24, 2.45) is 5.10 Å². The molecule has 3 aromatic carbocycles. The molecular formula is C22H18Cl2N2O4. The monoisotopic (exact) mass is 444 g/mol. The Morgan fingerprint density at radius 3 is 2.47 bits per heavy atom. The van der Waals surface area contributed by atoms with Crippen LogP contribution in [0.4, 0.5) is 5.69 Å². The average Bonchev–Trinajstić information content (AvgIpc) is 2.75. The Bertz CT molecular complexity index is 1070. The molecule has 0 saturated heterocycles. The highest BCUT2D eigenvalue weighted by atomic mass is 35.5. The molecule has 0 heterocycles. The van der Waals surface area contributed by atoms with Crippen LogP contribution in [-0.4, -0.2) is 24.4 Å². The number of rotatable bonds is 8. The number of anilines is 1. The van der Waals surface area contributed by atoms with E-state index in [1.165, 1.54) is 0 Å². The number of hydrogen-bond donors (Lipinski definition) is 2. The molecule has 0 aliphatic heterocycles. The largest absolute Gasteiger partial charge is 0.493 e. The third kappa shape index (κ3) is 5.65. The summed E-state index contributed by atoms with van der Waals surface area (Å²) in [5.41, 5.74) is 5.47. The van der Waals surface area contributed by atoms with Gasteiger partial charge in [-0.1, -0.05) is 35.3 Å². The zero-order valence-electron chi connectivity index (χ0n) is 15.9. The van der Waals surface area contributed by atoms with E-state index in [9.17, 15) is 4.79 Å². The molecule has 0 aliphatic carbocycles. The van der Waals surface area contributed by atoms with Crippen LogP contribution in [0.15, 0.2) is 65.8 Å². The first kappa shape index (κ1) is 21.5. The van der Waals surface area contributed by atoms with Crippen LogP contribution in [0.2, 0.25) is 10.0 Å². The van der Waals surface area contributed by atoms with E-state index in [1.807, 2.05) is 6.07 Å². The summed E-state index contributed by atoms with van der Waals surface area (Å²) in [6.45, 7) is 0.280. The maximum Gasteiger partial charge on any atom is 0.335 e. The molecule has 6 nitrogen and oxygen atoms in total. The van der Waals surface area contributed by atoms with Crippen LogP contribution in [0.3, 0.4) is 0 Å². The summed E-state index contributed by atoms with van der Waals surface area (Å²) in [7, 11) is 1.55. The first-order valence-corrected chi connectivity index (χ1v) is 9.59. The lowest BCUT2D eigenvalue weighted by Gasteiger charge is -2.11. The highest BCUT2D eigenvalue weighted by Crippen LogP contribution is 2.29. The molecule has 0 fully saturated rings. The summed E-state index contributed by atoms with van der Waals surface area (Å²) in [4.78, 5) is 10.9. The fourth-order valence-corrected chi connectivity index (χ4v) is 2.83. The van der Waals surface area contributed by atoms with Crippen molar-refractivity contribution in [2.75, 3.05) is 12.5 Å². The molecule has 2 N–H and O–H groups in total. The van der Waals surface area contributed by atoms with Crippen LogP contribution >= 0.6 is 23.2 Å². The minimum absolute atomic E-state index is 0.231. The Hall–Kier alpha value is -3.22. The first-order chi connectivity index (χ1) is 14.5. The third-order valence-electron chi connectivity index (χ3n) is 4.11. The number of aromatic carboxylic acids is 1. The van der Waals surface area contributed by atoms with Gasteiger partial charge in [-0.05, 0) is 59.7 Å². The molecule has 0 saturated carbocycles. The van der Waals surface area contributed by atoms with Gasteiger partial charge in [0.15, 0.2) is 11.5 Å². The van der Waals surface area contributed by atoms with Gasteiger partial charge in [0, 0.05) is 0 Å². The number of nitrogens with one attached hydrogen (secondary N) is 1. The van der Waals surface area contributed by atoms with Crippen molar-refractivity contribution >= 4 is 41.1 Å². The summed E-state index contributed by atoms with van der Waals surface area (Å²) in [6, 6.07) is 17.1. The number of methoxy groups -OCH3 is 1. The summed E-state index contributed by atoms with van der Waals surface area (Å²) in [5, 5.41) is 14.1. The minimum Gasteiger partial charge on any atom is -0.493 e. The molecule has 0 unspecified atom stereocenters. The Balaban J connectivity index is 1.63. The quantitative estimate of drug-likeness (QED) is 0.342. The van der Waals surface area contributed by atoms with Crippen molar-refractivity contribution in [3.8, 4) is 11.5 Å². The molecule has 30 heavy (non-hydrogen) atoms. The van der Waals surface area contributed by atoms with E-state index in [2.05, 4.69) is 10.5 Å². The van der Waals surface area contributed by atoms with Crippen LogP contribution < -0.4 is 14.9 Å². The molecule has 0 aliphatic rings. The van der Waals surface area contributed by atoms with Crippen molar-refractivity contribution in [2.45, 2.75) is 6.61 Å². The van der Waals surface area contributed by atoms with Gasteiger partial charge in [-0.2, -0.15) is 5.10 Å². The van der Waals surface area contributed by atoms with Gasteiger partial charge in [0.05, 0.1) is 34.6 Å². The van der Waals surface area contributed by atoms with Gasteiger partial charge in [-0.25, -0.2) is 4.79 Å². The van der Waals surface area contributed by atoms with Gasteiger partial charge in [-0.15, -0.1) is 0 Å². The lowest BCUT2D eigenvalue weighted by molar-refractivity contribution is 0.0697. The van der Waals surface area contributed by atoms with E-state index < -0.39 is 5.97 Å². The van der Waals surface area contributed by atoms with Gasteiger partial charge in [0.2, 0.25) is 0 Å². The van der Waals surface area contributed by atoms with Gasteiger partial charge in [-0.3, -0.25) is 5.43 Å². The summed E-state index contributed by atoms with van der Waals surface area (Å²) >= 11 is 11.9. The number of hydrazone groups is 1. The van der Waals surface area contributed by atoms with E-state index in [4.69, 9.17) is 37.8 Å². The minimum atomic E-state index is -0.963. The van der Waals surface area contributed by atoms with Crippen LogP contribution in [0.25, 0.3) is 0 Å². The molecule has 154 valence electrons. The normalized spacial score (nSPS) is 10.8. The standard InChI is InChI=1S/C22H18Cl2N2O4/c1-29-21-10-15(12-25-26-17-7-8-18(23)19(24)11-17)4-9-20(21)30-13-14-2-5-16(6-3-14)22(27)28/h2-12,26H,13H2,1H3,(H,27,28)/b25-12-. The molecule has 0 amide bonds. The van der Waals surface area contributed by atoms with E-state index >= 15 is 0 Å². The second-order valence-corrected chi connectivity index (χ2v) is 7.01. The Morgan fingerprint density at radius 2 is 1.80 bits per heavy atom. The molecule has 0 atom stereocenters. The molecule has 3 rings (SSSR count). The highest BCUT2D eigenvalue weighted by molar-refractivity contribution is 6.42. The fourth-order valence-electron chi connectivity index (χ4n) is 2.54. The Morgan fingerprint density at radius 1 is 1.03 bits per heavy atom.